The summed E-state index contributed by atoms with van der Waals surface area (Å²) in [5, 5.41) is 3.36. The number of nitrogens with zero attached hydrogens (tertiary/aromatic N) is 2. The van der Waals surface area contributed by atoms with Crippen LogP contribution in [0.1, 0.15) is 40.0 Å². The molecule has 21 heavy (non-hydrogen) atoms. The van der Waals surface area contributed by atoms with Crippen molar-refractivity contribution in [2.45, 2.75) is 58.2 Å². The van der Waals surface area contributed by atoms with Crippen LogP contribution in [0, 0.1) is 0 Å². The molecule has 1 heterocycles. The largest absolute Gasteiger partial charge is 0.383 e. The van der Waals surface area contributed by atoms with Crippen LogP contribution in [-0.2, 0) is 14.9 Å². The fraction of sp³-hybridized carbons (Fsp3) is 1.00. The van der Waals surface area contributed by atoms with Crippen molar-refractivity contribution >= 4 is 10.2 Å². The molecule has 0 aromatic carbocycles. The Kier molecular flexibility index (Phi) is 7.56. The molecule has 1 fully saturated rings. The van der Waals surface area contributed by atoms with Gasteiger partial charge in [-0.1, -0.05) is 20.3 Å². The Morgan fingerprint density at radius 1 is 1.33 bits per heavy atom. The predicted octanol–water partition coefficient (Wildman–Crippen LogP) is 1.05. The molecule has 1 aliphatic rings. The van der Waals surface area contributed by atoms with Gasteiger partial charge in [-0.3, -0.25) is 0 Å². The lowest BCUT2D eigenvalue weighted by Crippen LogP contribution is -2.55. The highest BCUT2D eigenvalue weighted by molar-refractivity contribution is 7.86. The smallest absolute Gasteiger partial charge is 0.282 e. The highest BCUT2D eigenvalue weighted by Crippen LogP contribution is 2.23. The van der Waals surface area contributed by atoms with Gasteiger partial charge < -0.3 is 10.1 Å². The van der Waals surface area contributed by atoms with Gasteiger partial charge in [0.15, 0.2) is 0 Å². The summed E-state index contributed by atoms with van der Waals surface area (Å²) >= 11 is 0. The number of nitrogens with one attached hydrogen (secondary N) is 1. The van der Waals surface area contributed by atoms with Crippen molar-refractivity contribution in [3.05, 3.63) is 0 Å². The van der Waals surface area contributed by atoms with E-state index in [9.17, 15) is 8.42 Å². The zero-order chi connectivity index (χ0) is 16.0. The normalized spacial score (nSPS) is 22.9. The van der Waals surface area contributed by atoms with E-state index in [4.69, 9.17) is 4.74 Å². The van der Waals surface area contributed by atoms with Crippen LogP contribution in [0.2, 0.25) is 0 Å². The monoisotopic (exact) mass is 321 g/mol. The summed E-state index contributed by atoms with van der Waals surface area (Å²) in [6, 6.07) is 0.241. The topological polar surface area (TPSA) is 61.9 Å². The third kappa shape index (κ3) is 5.17. The van der Waals surface area contributed by atoms with E-state index in [2.05, 4.69) is 19.2 Å². The molecule has 0 bridgehead atoms. The van der Waals surface area contributed by atoms with E-state index >= 15 is 0 Å². The zero-order valence-electron chi connectivity index (χ0n) is 14.0. The zero-order valence-corrected chi connectivity index (χ0v) is 14.8. The van der Waals surface area contributed by atoms with Crippen LogP contribution >= 0.6 is 0 Å². The minimum atomic E-state index is -3.43. The maximum absolute atomic E-state index is 12.8. The van der Waals surface area contributed by atoms with Gasteiger partial charge in [-0.05, 0) is 19.8 Å². The van der Waals surface area contributed by atoms with Gasteiger partial charge in [0.05, 0.1) is 6.61 Å². The summed E-state index contributed by atoms with van der Waals surface area (Å²) < 4.78 is 33.8. The Hall–Kier alpha value is -0.210. The van der Waals surface area contributed by atoms with Crippen LogP contribution < -0.4 is 5.32 Å². The second-order valence-corrected chi connectivity index (χ2v) is 8.09. The SMILES string of the molecule is COCC(C)N(C)S(=O)(=O)N1CCCCC1CNC(C)C. The molecule has 0 aromatic rings. The molecule has 0 aliphatic carbocycles. The van der Waals surface area contributed by atoms with E-state index in [1.54, 1.807) is 18.5 Å². The van der Waals surface area contributed by atoms with Crippen molar-refractivity contribution in [3.63, 3.8) is 0 Å². The second-order valence-electron chi connectivity index (χ2n) is 6.15. The lowest BCUT2D eigenvalue weighted by molar-refractivity contribution is 0.141. The summed E-state index contributed by atoms with van der Waals surface area (Å²) in [6.07, 6.45) is 2.95. The van der Waals surface area contributed by atoms with Gasteiger partial charge in [-0.25, -0.2) is 0 Å². The quantitative estimate of drug-likeness (QED) is 0.726. The van der Waals surface area contributed by atoms with Crippen LogP contribution in [-0.4, -0.2) is 69.0 Å². The highest BCUT2D eigenvalue weighted by Gasteiger charge is 2.36. The standard InChI is InChI=1S/C14H31N3O3S/c1-12(2)15-10-14-8-6-7-9-17(14)21(18,19)16(4)13(3)11-20-5/h12-15H,6-11H2,1-5H3. The fourth-order valence-corrected chi connectivity index (χ4v) is 4.36. The maximum atomic E-state index is 12.8. The highest BCUT2D eigenvalue weighted by atomic mass is 32.2. The van der Waals surface area contributed by atoms with Crippen LogP contribution in [0.25, 0.3) is 0 Å². The summed E-state index contributed by atoms with van der Waals surface area (Å²) in [5.41, 5.74) is 0. The van der Waals surface area contributed by atoms with Gasteiger partial charge in [0.2, 0.25) is 0 Å². The molecular weight excluding hydrogens is 290 g/mol. The summed E-state index contributed by atoms with van der Waals surface area (Å²) in [7, 11) is -0.204. The lowest BCUT2D eigenvalue weighted by atomic mass is 10.0. The molecule has 1 rings (SSSR count). The first kappa shape index (κ1) is 18.8. The first-order valence-electron chi connectivity index (χ1n) is 7.77. The molecule has 7 heteroatoms. The minimum absolute atomic E-state index is 0.0448. The van der Waals surface area contributed by atoms with Crippen LogP contribution in [0.5, 0.6) is 0 Å². The van der Waals surface area contributed by atoms with Crippen molar-refractivity contribution in [2.75, 3.05) is 33.9 Å². The third-order valence-corrected chi connectivity index (χ3v) is 6.18. The first-order valence-corrected chi connectivity index (χ1v) is 9.17. The number of methoxy groups -OCH3 is 1. The van der Waals surface area contributed by atoms with Crippen molar-refractivity contribution < 1.29 is 13.2 Å². The molecule has 1 N–H and O–H groups in total. The van der Waals surface area contributed by atoms with Gasteiger partial charge in [-0.2, -0.15) is 17.0 Å². The molecule has 2 unspecified atom stereocenters. The molecule has 1 saturated heterocycles. The van der Waals surface area contributed by atoms with Crippen LogP contribution in [0.15, 0.2) is 0 Å². The number of likely N-dealkylation sites (N-methyl/N-ethyl adjacent to an activating group) is 1. The average Bonchev–Trinajstić information content (AvgIpc) is 2.44. The van der Waals surface area contributed by atoms with Crippen molar-refractivity contribution in [1.29, 1.82) is 0 Å². The van der Waals surface area contributed by atoms with Gasteiger partial charge in [-0.15, -0.1) is 0 Å². The Bertz CT molecular complexity index is 400. The molecule has 0 saturated carbocycles. The molecule has 6 nitrogen and oxygen atoms in total. The second kappa shape index (κ2) is 8.43. The van der Waals surface area contributed by atoms with Gasteiger partial charge in [0, 0.05) is 45.4 Å². The molecule has 126 valence electrons. The first-order chi connectivity index (χ1) is 9.80. The maximum Gasteiger partial charge on any atom is 0.282 e. The molecular formula is C14H31N3O3S. The van der Waals surface area contributed by atoms with E-state index in [1.165, 1.54) is 4.31 Å². The summed E-state index contributed by atoms with van der Waals surface area (Å²) in [6.45, 7) is 7.74. The van der Waals surface area contributed by atoms with Crippen molar-refractivity contribution in [2.24, 2.45) is 0 Å². The van der Waals surface area contributed by atoms with Crippen molar-refractivity contribution in [1.82, 2.24) is 13.9 Å². The third-order valence-electron chi connectivity index (χ3n) is 4.02. The van der Waals surface area contributed by atoms with Crippen molar-refractivity contribution in [3.8, 4) is 0 Å². The average molecular weight is 321 g/mol. The molecule has 0 radical (unpaired) electrons. The van der Waals surface area contributed by atoms with E-state index in [0.717, 1.165) is 19.3 Å². The molecule has 2 atom stereocenters. The Morgan fingerprint density at radius 2 is 2.00 bits per heavy atom. The number of piperidine rings is 1. The Balaban J connectivity index is 2.81. The number of hydrogen-bond acceptors (Lipinski definition) is 4. The molecule has 0 amide bonds. The lowest BCUT2D eigenvalue weighted by Gasteiger charge is -2.38. The minimum Gasteiger partial charge on any atom is -0.383 e. The number of hydrogen-bond donors (Lipinski definition) is 1. The number of rotatable bonds is 8. The fourth-order valence-electron chi connectivity index (χ4n) is 2.59. The van der Waals surface area contributed by atoms with E-state index < -0.39 is 10.2 Å². The van der Waals surface area contributed by atoms with Gasteiger partial charge in [0.1, 0.15) is 0 Å². The van der Waals surface area contributed by atoms with E-state index in [1.807, 2.05) is 6.92 Å². The number of ether oxygens (including phenoxy) is 1. The van der Waals surface area contributed by atoms with Gasteiger partial charge in [0.25, 0.3) is 10.2 Å². The Morgan fingerprint density at radius 3 is 2.57 bits per heavy atom. The van der Waals surface area contributed by atoms with E-state index in [-0.39, 0.29) is 12.1 Å². The molecule has 0 aromatic heterocycles. The van der Waals surface area contributed by atoms with E-state index in [0.29, 0.717) is 25.7 Å². The predicted molar refractivity (Wildman–Crippen MR) is 85.5 cm³/mol. The molecule has 0 spiro atoms. The Labute approximate surface area is 130 Å². The van der Waals surface area contributed by atoms with Crippen LogP contribution in [0.4, 0.5) is 0 Å². The van der Waals surface area contributed by atoms with Crippen LogP contribution in [0.3, 0.4) is 0 Å². The summed E-state index contributed by atoms with van der Waals surface area (Å²) in [4.78, 5) is 0. The summed E-state index contributed by atoms with van der Waals surface area (Å²) in [5.74, 6) is 0. The molecule has 1 aliphatic heterocycles. The van der Waals surface area contributed by atoms with Gasteiger partial charge >= 0.3 is 0 Å².